The largest absolute Gasteiger partial charge is 0.430 e. The Hall–Kier alpha value is -1.03. The SMILES string of the molecule is C[Si](C)(C)O[Si](O[Si](C)(C)O)(c1ccccc1)c1ccccc1. The smallest absolute Gasteiger partial charge is 0.388 e. The van der Waals surface area contributed by atoms with E-state index in [-0.39, 0.29) is 0 Å². The molecule has 2 aromatic rings. The summed E-state index contributed by atoms with van der Waals surface area (Å²) < 4.78 is 13.1. The molecule has 3 nitrogen and oxygen atoms in total. The molecule has 0 heterocycles. The van der Waals surface area contributed by atoms with E-state index in [0.29, 0.717) is 0 Å². The summed E-state index contributed by atoms with van der Waals surface area (Å²) in [6.07, 6.45) is 0. The lowest BCUT2D eigenvalue weighted by Crippen LogP contribution is -2.70. The molecule has 1 N–H and O–H groups in total. The van der Waals surface area contributed by atoms with Crippen LogP contribution in [0.15, 0.2) is 60.7 Å². The Labute approximate surface area is 142 Å². The van der Waals surface area contributed by atoms with Crippen LogP contribution in [0.25, 0.3) is 0 Å². The van der Waals surface area contributed by atoms with E-state index in [1.807, 2.05) is 36.4 Å². The van der Waals surface area contributed by atoms with Gasteiger partial charge in [0.05, 0.1) is 0 Å². The zero-order valence-electron chi connectivity index (χ0n) is 14.5. The highest BCUT2D eigenvalue weighted by atomic mass is 28.5. The zero-order valence-corrected chi connectivity index (χ0v) is 17.5. The highest BCUT2D eigenvalue weighted by Gasteiger charge is 2.49. The Morgan fingerprint density at radius 1 is 0.652 bits per heavy atom. The van der Waals surface area contributed by atoms with Crippen molar-refractivity contribution in [3.8, 4) is 0 Å². The van der Waals surface area contributed by atoms with Crippen molar-refractivity contribution in [3.63, 3.8) is 0 Å². The molecule has 124 valence electrons. The highest BCUT2D eigenvalue weighted by molar-refractivity contribution is 7.01. The third kappa shape index (κ3) is 4.97. The molecule has 0 amide bonds. The van der Waals surface area contributed by atoms with Crippen molar-refractivity contribution >= 4 is 35.8 Å². The zero-order chi connectivity index (χ0) is 17.1. The first-order valence-corrected chi connectivity index (χ1v) is 15.9. The average Bonchev–Trinajstić information content (AvgIpc) is 2.45. The van der Waals surface area contributed by atoms with Crippen LogP contribution in [-0.4, -0.2) is 30.2 Å². The lowest BCUT2D eigenvalue weighted by atomic mass is 10.4. The van der Waals surface area contributed by atoms with Crippen LogP contribution < -0.4 is 10.4 Å². The van der Waals surface area contributed by atoms with Gasteiger partial charge in [0, 0.05) is 0 Å². The monoisotopic (exact) mass is 362 g/mol. The predicted octanol–water partition coefficient (Wildman–Crippen LogP) is 2.81. The molecule has 0 aliphatic rings. The fourth-order valence-corrected chi connectivity index (χ4v) is 12.8. The van der Waals surface area contributed by atoms with Gasteiger partial charge >= 0.3 is 17.1 Å². The van der Waals surface area contributed by atoms with E-state index >= 15 is 0 Å². The Morgan fingerprint density at radius 2 is 1.04 bits per heavy atom. The fraction of sp³-hybridized carbons (Fsp3) is 0.294. The Morgan fingerprint density at radius 3 is 1.35 bits per heavy atom. The van der Waals surface area contributed by atoms with Gasteiger partial charge in [-0.3, -0.25) is 0 Å². The third-order valence-electron chi connectivity index (χ3n) is 3.15. The van der Waals surface area contributed by atoms with Crippen LogP contribution in [0.1, 0.15) is 0 Å². The van der Waals surface area contributed by atoms with E-state index < -0.39 is 25.4 Å². The molecular formula is C17H26O3Si3. The maximum atomic E-state index is 10.6. The van der Waals surface area contributed by atoms with Gasteiger partial charge in [-0.2, -0.15) is 0 Å². The van der Waals surface area contributed by atoms with E-state index in [2.05, 4.69) is 43.9 Å². The molecule has 6 heteroatoms. The molecule has 0 spiro atoms. The van der Waals surface area contributed by atoms with Gasteiger partial charge in [0.25, 0.3) is 0 Å². The minimum Gasteiger partial charge on any atom is -0.430 e. The Kier molecular flexibility index (Phi) is 5.44. The number of benzene rings is 2. The lowest BCUT2D eigenvalue weighted by molar-refractivity contribution is 0.338. The molecule has 0 aliphatic heterocycles. The van der Waals surface area contributed by atoms with Crippen molar-refractivity contribution in [1.82, 2.24) is 0 Å². The van der Waals surface area contributed by atoms with Crippen LogP contribution in [0.3, 0.4) is 0 Å². The third-order valence-corrected chi connectivity index (χ3v) is 12.1. The van der Waals surface area contributed by atoms with Gasteiger partial charge < -0.3 is 13.0 Å². The van der Waals surface area contributed by atoms with Crippen molar-refractivity contribution < 1.29 is 13.0 Å². The first-order valence-electron chi connectivity index (χ1n) is 7.86. The summed E-state index contributed by atoms with van der Waals surface area (Å²) in [5.41, 5.74) is 0. The second-order valence-electron chi connectivity index (χ2n) is 7.11. The molecule has 0 saturated heterocycles. The molecule has 0 fully saturated rings. The van der Waals surface area contributed by atoms with Crippen LogP contribution in [-0.2, 0) is 8.23 Å². The summed E-state index contributed by atoms with van der Waals surface area (Å²) in [7, 11) is -7.65. The number of hydrogen-bond acceptors (Lipinski definition) is 3. The maximum Gasteiger partial charge on any atom is 0.388 e. The standard InChI is InChI=1S/C17H26O3Si3/c1-21(2,3)19-23(20-22(4,5)18,16-12-8-6-9-13-16)17-14-10-7-11-15-17/h6-15,18H,1-5H3. The van der Waals surface area contributed by atoms with Crippen molar-refractivity contribution in [2.45, 2.75) is 32.7 Å². The first-order chi connectivity index (χ1) is 10.6. The highest BCUT2D eigenvalue weighted by Crippen LogP contribution is 2.20. The summed E-state index contributed by atoms with van der Waals surface area (Å²) in [6, 6.07) is 20.2. The van der Waals surface area contributed by atoms with Gasteiger partial charge in [0.1, 0.15) is 0 Å². The van der Waals surface area contributed by atoms with Crippen molar-refractivity contribution in [2.24, 2.45) is 0 Å². The fourth-order valence-electron chi connectivity index (χ4n) is 2.52. The summed E-state index contributed by atoms with van der Waals surface area (Å²) in [5, 5.41) is 2.09. The molecule has 0 aromatic heterocycles. The van der Waals surface area contributed by atoms with Crippen LogP contribution in [0, 0.1) is 0 Å². The van der Waals surface area contributed by atoms with E-state index in [9.17, 15) is 4.80 Å². The second-order valence-corrected chi connectivity index (χ2v) is 18.3. The van der Waals surface area contributed by atoms with Gasteiger partial charge in [-0.25, -0.2) is 0 Å². The molecule has 2 aromatic carbocycles. The summed E-state index contributed by atoms with van der Waals surface area (Å²) in [6.45, 7) is 10.1. The van der Waals surface area contributed by atoms with Gasteiger partial charge in [-0.15, -0.1) is 0 Å². The molecule has 0 unspecified atom stereocenters. The van der Waals surface area contributed by atoms with E-state index in [4.69, 9.17) is 8.23 Å². The van der Waals surface area contributed by atoms with E-state index in [1.165, 1.54) is 0 Å². The molecule has 0 radical (unpaired) electrons. The van der Waals surface area contributed by atoms with E-state index in [0.717, 1.165) is 10.4 Å². The van der Waals surface area contributed by atoms with Gasteiger partial charge in [0.2, 0.25) is 0 Å². The minimum absolute atomic E-state index is 1.04. The quantitative estimate of drug-likeness (QED) is 0.803. The summed E-state index contributed by atoms with van der Waals surface area (Å²) in [5.74, 6) is 0. The van der Waals surface area contributed by atoms with Crippen molar-refractivity contribution in [3.05, 3.63) is 60.7 Å². The molecule has 0 aliphatic carbocycles. The van der Waals surface area contributed by atoms with Crippen LogP contribution >= 0.6 is 0 Å². The Bertz CT molecular complexity index is 562. The maximum absolute atomic E-state index is 10.6. The summed E-state index contributed by atoms with van der Waals surface area (Å²) in [4.78, 5) is 10.6. The topological polar surface area (TPSA) is 38.7 Å². The van der Waals surface area contributed by atoms with Crippen LogP contribution in [0.2, 0.25) is 32.7 Å². The normalized spacial score (nSPS) is 13.1. The molecule has 23 heavy (non-hydrogen) atoms. The lowest BCUT2D eigenvalue weighted by Gasteiger charge is -2.40. The van der Waals surface area contributed by atoms with Crippen molar-refractivity contribution in [2.75, 3.05) is 0 Å². The molecule has 0 bridgehead atoms. The van der Waals surface area contributed by atoms with E-state index in [1.54, 1.807) is 13.1 Å². The molecule has 2 rings (SSSR count). The molecular weight excluding hydrogens is 336 g/mol. The van der Waals surface area contributed by atoms with Crippen LogP contribution in [0.5, 0.6) is 0 Å². The number of hydrogen-bond donors (Lipinski definition) is 1. The van der Waals surface area contributed by atoms with Gasteiger partial charge in [0.15, 0.2) is 8.32 Å². The van der Waals surface area contributed by atoms with Crippen LogP contribution in [0.4, 0.5) is 0 Å². The Balaban J connectivity index is 2.68. The minimum atomic E-state index is -2.95. The second kappa shape index (κ2) is 6.84. The molecule has 0 atom stereocenters. The van der Waals surface area contributed by atoms with Gasteiger partial charge in [-0.05, 0) is 43.1 Å². The first kappa shape index (κ1) is 18.3. The molecule has 0 saturated carbocycles. The predicted molar refractivity (Wildman–Crippen MR) is 103 cm³/mol. The number of rotatable bonds is 6. The van der Waals surface area contributed by atoms with Crippen molar-refractivity contribution in [1.29, 1.82) is 0 Å². The average molecular weight is 363 g/mol. The summed E-state index contributed by atoms with van der Waals surface area (Å²) >= 11 is 0. The van der Waals surface area contributed by atoms with Gasteiger partial charge in [-0.1, -0.05) is 60.7 Å².